The van der Waals surface area contributed by atoms with Crippen molar-refractivity contribution in [1.29, 1.82) is 0 Å². The van der Waals surface area contributed by atoms with Gasteiger partial charge in [0.15, 0.2) is 24.8 Å². The van der Waals surface area contributed by atoms with E-state index < -0.39 is 131 Å². The number of aliphatic hydroxyl groups excluding tert-OH is 4. The van der Waals surface area contributed by atoms with E-state index in [-0.39, 0.29) is 25.7 Å². The molecule has 2 rings (SSSR count). The Bertz CT molecular complexity index is 2430. The van der Waals surface area contributed by atoms with Gasteiger partial charge in [0.2, 0.25) is 11.8 Å². The molecule has 708 valence electrons. The van der Waals surface area contributed by atoms with Crippen molar-refractivity contribution in [2.45, 2.75) is 583 Å². The summed E-state index contributed by atoms with van der Waals surface area (Å²) in [5.74, 6) is -3.31. The molecule has 0 aliphatic carbocycles. The molecule has 0 bridgehead atoms. The highest BCUT2D eigenvalue weighted by Crippen LogP contribution is 2.42. The first-order valence-electron chi connectivity index (χ1n) is 50.9. The maximum absolute atomic E-state index is 14.9. The van der Waals surface area contributed by atoms with E-state index >= 15 is 0 Å². The molecule has 2 saturated heterocycles. The average molecular weight is 1730 g/mol. The molecule has 0 aromatic rings. The van der Waals surface area contributed by atoms with Crippen LogP contribution in [0, 0.1) is 0 Å². The number of carbonyl (C=O) groups excluding carboxylic acids is 5. The molecule has 21 nitrogen and oxygen atoms in total. The molecule has 0 aromatic carbocycles. The summed E-state index contributed by atoms with van der Waals surface area (Å²) < 4.78 is 55.4. The third-order valence-corrected chi connectivity index (χ3v) is 25.2. The fraction of sp³-hybridized carbons (Fsp3) is 0.949. The highest BCUT2D eigenvalue weighted by Gasteiger charge is 2.53. The van der Waals surface area contributed by atoms with Gasteiger partial charge in [0, 0.05) is 19.3 Å². The van der Waals surface area contributed by atoms with Gasteiger partial charge in [-0.1, -0.05) is 439 Å². The minimum absolute atomic E-state index is 0.0215. The van der Waals surface area contributed by atoms with E-state index in [9.17, 15) is 58.8 Å². The van der Waals surface area contributed by atoms with Gasteiger partial charge in [-0.05, 0) is 38.5 Å². The molecular weight excluding hydrogens is 1540 g/mol. The second-order valence-corrected chi connectivity index (χ2v) is 37.4. The Kier molecular flexibility index (Phi) is 75.1. The molecule has 2 heterocycles. The van der Waals surface area contributed by atoms with E-state index in [1.165, 1.54) is 263 Å². The lowest BCUT2D eigenvalue weighted by molar-refractivity contribution is -0.298. The van der Waals surface area contributed by atoms with Crippen molar-refractivity contribution < 1.29 is 91.7 Å². The molecule has 22 heteroatoms. The lowest BCUT2D eigenvalue weighted by Gasteiger charge is -2.46. The number of esters is 3. The molecule has 120 heavy (non-hydrogen) atoms. The number of hydrogen-bond donors (Lipinski definition) is 8. The number of unbranched alkanes of at least 4 members (excludes halogenated alkanes) is 62. The molecule has 12 atom stereocenters. The number of phosphoric acid groups is 1. The molecule has 0 aromatic heterocycles. The molecule has 0 spiro atoms. The van der Waals surface area contributed by atoms with Crippen LogP contribution in [0.4, 0.5) is 0 Å². The van der Waals surface area contributed by atoms with Crippen LogP contribution in [-0.4, -0.2) is 147 Å². The van der Waals surface area contributed by atoms with E-state index in [0.717, 1.165) is 128 Å². The second kappa shape index (κ2) is 79.6. The molecule has 0 saturated carbocycles. The first-order chi connectivity index (χ1) is 58.4. The Morgan fingerprint density at radius 1 is 0.342 bits per heavy atom. The van der Waals surface area contributed by atoms with E-state index in [1.807, 2.05) is 0 Å². The molecule has 2 amide bonds. The van der Waals surface area contributed by atoms with Gasteiger partial charge in [0.05, 0.1) is 32.2 Å². The normalized spacial score (nSPS) is 20.0. The van der Waals surface area contributed by atoms with Gasteiger partial charge in [0.25, 0.3) is 0 Å². The maximum Gasteiger partial charge on any atom is 0.472 e. The van der Waals surface area contributed by atoms with Crippen LogP contribution in [0.1, 0.15) is 510 Å². The summed E-state index contributed by atoms with van der Waals surface area (Å²) in [5.41, 5.74) is 0. The molecule has 2 aliphatic rings. The molecule has 0 unspecified atom stereocenters. The van der Waals surface area contributed by atoms with Crippen molar-refractivity contribution >= 4 is 37.5 Å². The molecular formula is C98H187N2O19P. The van der Waals surface area contributed by atoms with Gasteiger partial charge in [-0.25, -0.2) is 4.57 Å². The Labute approximate surface area is 732 Å². The number of rotatable bonds is 87. The summed E-state index contributed by atoms with van der Waals surface area (Å²) in [7, 11) is -5.52. The summed E-state index contributed by atoms with van der Waals surface area (Å²) in [5, 5.41) is 52.1. The van der Waals surface area contributed by atoms with Crippen molar-refractivity contribution in [3.63, 3.8) is 0 Å². The molecule has 2 aliphatic heterocycles. The third kappa shape index (κ3) is 63.2. The monoisotopic (exact) mass is 1730 g/mol. The average Bonchev–Trinajstić information content (AvgIpc) is 0.787. The Morgan fingerprint density at radius 2 is 0.600 bits per heavy atom. The van der Waals surface area contributed by atoms with Gasteiger partial charge < -0.3 is 69.3 Å². The predicted molar refractivity (Wildman–Crippen MR) is 485 cm³/mol. The van der Waals surface area contributed by atoms with E-state index in [2.05, 4.69) is 45.3 Å². The summed E-state index contributed by atoms with van der Waals surface area (Å²) in [4.78, 5) is 91.8. The fourth-order valence-electron chi connectivity index (χ4n) is 17.1. The number of aliphatic hydroxyl groups is 4. The predicted octanol–water partition coefficient (Wildman–Crippen LogP) is 24.3. The zero-order valence-corrected chi connectivity index (χ0v) is 78.5. The zero-order chi connectivity index (χ0) is 87.4. The molecule has 8 N–H and O–H groups in total. The van der Waals surface area contributed by atoms with Gasteiger partial charge in [-0.2, -0.15) is 0 Å². The first kappa shape index (κ1) is 113. The summed E-state index contributed by atoms with van der Waals surface area (Å²) in [6.07, 6.45) is 59.9. The van der Waals surface area contributed by atoms with Crippen molar-refractivity contribution in [3.8, 4) is 0 Å². The quantitative estimate of drug-likeness (QED) is 0.0121. The number of ether oxygens (including phenoxy) is 6. The van der Waals surface area contributed by atoms with Crippen molar-refractivity contribution in [2.75, 3.05) is 13.2 Å². The molecule has 2 fully saturated rings. The van der Waals surface area contributed by atoms with E-state index in [4.69, 9.17) is 32.9 Å². The fourth-order valence-corrected chi connectivity index (χ4v) is 17.6. The van der Waals surface area contributed by atoms with Crippen molar-refractivity contribution in [1.82, 2.24) is 10.6 Å². The second-order valence-electron chi connectivity index (χ2n) is 36.2. The topological polar surface area (TPSA) is 312 Å². The summed E-state index contributed by atoms with van der Waals surface area (Å²) in [6.45, 7) is 9.57. The van der Waals surface area contributed by atoms with Gasteiger partial charge in [-0.3, -0.25) is 28.5 Å². The summed E-state index contributed by atoms with van der Waals surface area (Å²) >= 11 is 0. The smallest absolute Gasteiger partial charge is 0.462 e. The number of phosphoric ester groups is 1. The highest BCUT2D eigenvalue weighted by atomic mass is 31.2. The summed E-state index contributed by atoms with van der Waals surface area (Å²) in [6, 6.07) is -3.28. The Balaban J connectivity index is 2.47. The van der Waals surface area contributed by atoms with E-state index in [1.54, 1.807) is 0 Å². The SMILES string of the molecule is CCCCCCCCCCCCCCCCCC(=O)O[C@H](CCCCCCCCCCCCCCCCC)CC(=O)N[C@H]1[C@H](OC[C@H]2O[C@H](OP(=O)(O)O)[C@H](NC(=O)C[C@H](O)CCCCCCCCCCCCCCCCC)[C@@H](OC(=O)CCCCCCCCCCCCC)[C@@H]2O)O[C@H](CO)[C@@H](O)[C@@H]1OC(=O)CCCCCCCCCCCCC. The Hall–Kier alpha value is -2.82. The molecule has 0 radical (unpaired) electrons. The van der Waals surface area contributed by atoms with Crippen LogP contribution >= 0.6 is 7.82 Å². The minimum atomic E-state index is -5.52. The van der Waals surface area contributed by atoms with Crippen molar-refractivity contribution in [2.24, 2.45) is 0 Å². The standard InChI is InChI=1S/C98H187N2O19P/c1-6-11-16-21-26-31-36-39-42-45-50-53-58-63-68-73-82(102)78-86(103)99-92-96(118-90(107)77-72-67-62-56-49-35-30-25-20-15-10-5)94(109)85(116-98(92)119-120(110,111)112)81-113-97-91(95(93(108)84(80-101)115-97)117-89(106)76-71-66-61-55-48-34-29-24-19-14-9-4)100-87(104)79-83(74-69-64-59-54-51-46-43-40-37-32-27-22-17-12-7-2)114-88(105)75-70-65-60-57-52-47-44-41-38-33-28-23-18-13-8-3/h82-85,91-98,101-102,108-109H,6-81H2,1-5H3,(H,99,103)(H,100,104)(H2,110,111,112)/t82-,83-,84-,85-,91-,92-,93-,94-,95-,96-,97-,98-/m1/s1. The van der Waals surface area contributed by atoms with Gasteiger partial charge in [-0.15, -0.1) is 0 Å². The van der Waals surface area contributed by atoms with Crippen LogP contribution < -0.4 is 10.6 Å². The van der Waals surface area contributed by atoms with Crippen LogP contribution in [0.25, 0.3) is 0 Å². The third-order valence-electron chi connectivity index (χ3n) is 24.7. The minimum Gasteiger partial charge on any atom is -0.462 e. The number of carbonyl (C=O) groups is 5. The lowest BCUT2D eigenvalue weighted by atomic mass is 9.95. The Morgan fingerprint density at radius 3 is 0.908 bits per heavy atom. The van der Waals surface area contributed by atoms with Crippen LogP contribution in [0.2, 0.25) is 0 Å². The number of nitrogens with one attached hydrogen (secondary N) is 2. The number of amides is 2. The van der Waals surface area contributed by atoms with Crippen LogP contribution in [0.15, 0.2) is 0 Å². The van der Waals surface area contributed by atoms with Crippen LogP contribution in [-0.2, 0) is 61.5 Å². The lowest BCUT2D eigenvalue weighted by Crippen LogP contribution is -2.67. The number of hydrogen-bond acceptors (Lipinski definition) is 17. The first-order valence-corrected chi connectivity index (χ1v) is 52.4. The van der Waals surface area contributed by atoms with Crippen LogP contribution in [0.5, 0.6) is 0 Å². The van der Waals surface area contributed by atoms with Crippen molar-refractivity contribution in [3.05, 3.63) is 0 Å². The maximum atomic E-state index is 14.9. The zero-order valence-electron chi connectivity index (χ0n) is 77.6. The van der Waals surface area contributed by atoms with Crippen LogP contribution in [0.3, 0.4) is 0 Å². The van der Waals surface area contributed by atoms with Gasteiger partial charge in [0.1, 0.15) is 42.6 Å². The highest BCUT2D eigenvalue weighted by molar-refractivity contribution is 7.46. The largest absolute Gasteiger partial charge is 0.472 e. The van der Waals surface area contributed by atoms with Gasteiger partial charge >= 0.3 is 25.7 Å². The van der Waals surface area contributed by atoms with E-state index in [0.29, 0.717) is 51.4 Å².